The number of anilines is 1. The Labute approximate surface area is 133 Å². The molecule has 1 fully saturated rings. The van der Waals surface area contributed by atoms with Crippen LogP contribution in [-0.2, 0) is 10.2 Å². The van der Waals surface area contributed by atoms with Gasteiger partial charge in [0, 0.05) is 11.8 Å². The monoisotopic (exact) mass is 308 g/mol. The van der Waals surface area contributed by atoms with Gasteiger partial charge in [-0.25, -0.2) is 0 Å². The number of benzene rings is 1. The first-order chi connectivity index (χ1) is 11.0. The highest BCUT2D eigenvalue weighted by atomic mass is 16.2. The summed E-state index contributed by atoms with van der Waals surface area (Å²) >= 11 is 0. The molecule has 1 heterocycles. The first kappa shape index (κ1) is 14.9. The summed E-state index contributed by atoms with van der Waals surface area (Å²) in [6.45, 7) is 1.81. The number of rotatable bonds is 4. The molecule has 0 spiro atoms. The van der Waals surface area contributed by atoms with Gasteiger partial charge in [0.15, 0.2) is 0 Å². The lowest BCUT2D eigenvalue weighted by Crippen LogP contribution is -2.28. The molecule has 1 aromatic heterocycles. The molecule has 2 aromatic rings. The maximum absolute atomic E-state index is 12.7. The highest BCUT2D eigenvalue weighted by molar-refractivity contribution is 6.02. The lowest BCUT2D eigenvalue weighted by molar-refractivity contribution is -0.118. The van der Waals surface area contributed by atoms with Crippen molar-refractivity contribution >= 4 is 17.6 Å². The Bertz CT molecular complexity index is 823. The van der Waals surface area contributed by atoms with E-state index >= 15 is 0 Å². The molecule has 23 heavy (non-hydrogen) atoms. The van der Waals surface area contributed by atoms with Gasteiger partial charge in [0.1, 0.15) is 11.9 Å². The summed E-state index contributed by atoms with van der Waals surface area (Å²) in [4.78, 5) is 26.7. The van der Waals surface area contributed by atoms with Gasteiger partial charge in [0.05, 0.1) is 11.0 Å². The van der Waals surface area contributed by atoms with Crippen molar-refractivity contribution in [2.75, 3.05) is 5.32 Å². The van der Waals surface area contributed by atoms with Crippen LogP contribution in [0.2, 0.25) is 0 Å². The Morgan fingerprint density at radius 1 is 1.30 bits per heavy atom. The summed E-state index contributed by atoms with van der Waals surface area (Å²) in [5, 5.41) is 12.0. The summed E-state index contributed by atoms with van der Waals surface area (Å²) in [5.74, 6) is -0.218. The molecule has 0 aliphatic heterocycles. The van der Waals surface area contributed by atoms with E-state index in [9.17, 15) is 9.59 Å². The number of carbonyl (C=O) groups excluding carboxylic acids is 2. The van der Waals surface area contributed by atoms with Crippen molar-refractivity contribution in [3.05, 3.63) is 52.7 Å². The lowest BCUT2D eigenvalue weighted by atomic mass is 9.94. The SMILES string of the molecule is Cc1c[nH]c(NC(=O)C2(c3ccc(C(N)=O)cc3)CC2)c1C#N. The number of nitrogens with two attached hydrogens (primary N) is 1. The predicted octanol–water partition coefficient (Wildman–Crippen LogP) is 1.96. The topological polar surface area (TPSA) is 112 Å². The standard InChI is InChI=1S/C17H16N4O2/c1-10-9-20-15(13(10)8-18)21-16(23)17(6-7-17)12-4-2-11(3-5-12)14(19)22/h2-5,9,20H,6-7H2,1H3,(H2,19,22)(H,21,23). The fraction of sp³-hybridized carbons (Fsp3) is 0.235. The summed E-state index contributed by atoms with van der Waals surface area (Å²) in [7, 11) is 0. The average Bonchev–Trinajstić information content (AvgIpc) is 3.28. The molecule has 1 aliphatic rings. The van der Waals surface area contributed by atoms with Crippen LogP contribution in [0.1, 0.15) is 39.9 Å². The molecular formula is C17H16N4O2. The number of nitrogens with zero attached hydrogens (tertiary/aromatic N) is 1. The molecule has 0 unspecified atom stereocenters. The number of nitriles is 1. The first-order valence-corrected chi connectivity index (χ1v) is 7.28. The number of carbonyl (C=O) groups is 2. The van der Waals surface area contributed by atoms with Crippen molar-refractivity contribution in [3.8, 4) is 6.07 Å². The molecule has 4 N–H and O–H groups in total. The van der Waals surface area contributed by atoms with Crippen LogP contribution in [0.15, 0.2) is 30.5 Å². The molecule has 1 saturated carbocycles. The van der Waals surface area contributed by atoms with E-state index in [1.807, 2.05) is 0 Å². The number of aryl methyl sites for hydroxylation is 1. The Balaban J connectivity index is 1.84. The molecule has 6 nitrogen and oxygen atoms in total. The van der Waals surface area contributed by atoms with Gasteiger partial charge in [-0.1, -0.05) is 12.1 Å². The van der Waals surface area contributed by atoms with Crippen LogP contribution < -0.4 is 11.1 Å². The third kappa shape index (κ3) is 2.46. The van der Waals surface area contributed by atoms with Crippen LogP contribution in [0.5, 0.6) is 0 Å². The van der Waals surface area contributed by atoms with Crippen LogP contribution in [-0.4, -0.2) is 16.8 Å². The second-order valence-corrected chi connectivity index (χ2v) is 5.81. The molecule has 0 bridgehead atoms. The fourth-order valence-corrected chi connectivity index (χ4v) is 2.72. The molecule has 1 aliphatic carbocycles. The first-order valence-electron chi connectivity index (χ1n) is 7.28. The van der Waals surface area contributed by atoms with E-state index in [1.165, 1.54) is 0 Å². The van der Waals surface area contributed by atoms with Crippen LogP contribution in [0.25, 0.3) is 0 Å². The zero-order valence-electron chi connectivity index (χ0n) is 12.6. The minimum atomic E-state index is -0.595. The number of amides is 2. The number of hydrogen-bond acceptors (Lipinski definition) is 3. The Morgan fingerprint density at radius 3 is 2.48 bits per heavy atom. The maximum atomic E-state index is 12.7. The smallest absolute Gasteiger partial charge is 0.248 e. The van der Waals surface area contributed by atoms with E-state index in [1.54, 1.807) is 37.4 Å². The Kier molecular flexibility index (Phi) is 3.41. The van der Waals surface area contributed by atoms with Gasteiger partial charge in [0.2, 0.25) is 11.8 Å². The third-order valence-corrected chi connectivity index (χ3v) is 4.33. The second kappa shape index (κ2) is 5.29. The van der Waals surface area contributed by atoms with Crippen molar-refractivity contribution in [1.29, 1.82) is 5.26 Å². The summed E-state index contributed by atoms with van der Waals surface area (Å²) in [6.07, 6.45) is 3.15. The highest BCUT2D eigenvalue weighted by Crippen LogP contribution is 2.49. The van der Waals surface area contributed by atoms with Crippen LogP contribution in [0.4, 0.5) is 5.82 Å². The normalized spacial score (nSPS) is 14.8. The van der Waals surface area contributed by atoms with Crippen LogP contribution >= 0.6 is 0 Å². The molecule has 3 rings (SSSR count). The molecule has 2 amide bonds. The van der Waals surface area contributed by atoms with Gasteiger partial charge in [-0.15, -0.1) is 0 Å². The van der Waals surface area contributed by atoms with E-state index in [-0.39, 0.29) is 5.91 Å². The molecule has 0 saturated heterocycles. The maximum Gasteiger partial charge on any atom is 0.248 e. The summed E-state index contributed by atoms with van der Waals surface area (Å²) in [5.41, 5.74) is 7.13. The largest absolute Gasteiger partial charge is 0.366 e. The number of aromatic amines is 1. The molecule has 0 radical (unpaired) electrons. The van der Waals surface area contributed by atoms with Crippen molar-refractivity contribution in [1.82, 2.24) is 4.98 Å². The van der Waals surface area contributed by atoms with Crippen molar-refractivity contribution in [2.45, 2.75) is 25.2 Å². The quantitative estimate of drug-likeness (QED) is 0.802. The number of H-pyrrole nitrogens is 1. The molecular weight excluding hydrogens is 292 g/mol. The zero-order chi connectivity index (χ0) is 16.6. The van der Waals surface area contributed by atoms with Crippen molar-refractivity contribution in [2.24, 2.45) is 5.73 Å². The van der Waals surface area contributed by atoms with E-state index in [2.05, 4.69) is 16.4 Å². The summed E-state index contributed by atoms with van der Waals surface area (Å²) < 4.78 is 0. The number of nitrogens with one attached hydrogen (secondary N) is 2. The Morgan fingerprint density at radius 2 is 1.96 bits per heavy atom. The van der Waals surface area contributed by atoms with Crippen LogP contribution in [0, 0.1) is 18.3 Å². The average molecular weight is 308 g/mol. The predicted molar refractivity (Wildman–Crippen MR) is 84.7 cm³/mol. The molecule has 116 valence electrons. The van der Waals surface area contributed by atoms with Crippen LogP contribution in [0.3, 0.4) is 0 Å². The van der Waals surface area contributed by atoms with Gasteiger partial charge < -0.3 is 16.0 Å². The van der Waals surface area contributed by atoms with Crippen molar-refractivity contribution in [3.63, 3.8) is 0 Å². The number of hydrogen-bond donors (Lipinski definition) is 3. The Hall–Kier alpha value is -3.07. The van der Waals surface area contributed by atoms with Gasteiger partial charge in [0.25, 0.3) is 0 Å². The van der Waals surface area contributed by atoms with E-state index in [0.717, 1.165) is 24.0 Å². The van der Waals surface area contributed by atoms with Gasteiger partial charge in [-0.3, -0.25) is 9.59 Å². The molecule has 0 atom stereocenters. The summed E-state index contributed by atoms with van der Waals surface area (Å²) in [6, 6.07) is 8.87. The highest BCUT2D eigenvalue weighted by Gasteiger charge is 2.51. The lowest BCUT2D eigenvalue weighted by Gasteiger charge is -2.15. The van der Waals surface area contributed by atoms with Gasteiger partial charge in [-0.05, 0) is 43.0 Å². The minimum absolute atomic E-state index is 0.150. The second-order valence-electron chi connectivity index (χ2n) is 5.81. The zero-order valence-corrected chi connectivity index (χ0v) is 12.6. The number of primary amides is 1. The van der Waals surface area contributed by atoms with E-state index in [0.29, 0.717) is 16.9 Å². The third-order valence-electron chi connectivity index (χ3n) is 4.33. The molecule has 1 aromatic carbocycles. The van der Waals surface area contributed by atoms with E-state index in [4.69, 9.17) is 11.0 Å². The van der Waals surface area contributed by atoms with Gasteiger partial charge >= 0.3 is 0 Å². The fourth-order valence-electron chi connectivity index (χ4n) is 2.72. The van der Waals surface area contributed by atoms with Crippen molar-refractivity contribution < 1.29 is 9.59 Å². The molecule has 6 heteroatoms. The minimum Gasteiger partial charge on any atom is -0.366 e. The van der Waals surface area contributed by atoms with Gasteiger partial charge in [-0.2, -0.15) is 5.26 Å². The number of aromatic nitrogens is 1. The van der Waals surface area contributed by atoms with E-state index < -0.39 is 11.3 Å².